The number of thiazole rings is 1. The lowest BCUT2D eigenvalue weighted by atomic mass is 9.99. The van der Waals surface area contributed by atoms with E-state index in [0.29, 0.717) is 6.54 Å². The van der Waals surface area contributed by atoms with Gasteiger partial charge in [-0.25, -0.2) is 15.0 Å². The highest BCUT2D eigenvalue weighted by atomic mass is 32.1. The number of hydrogen-bond donors (Lipinski definition) is 2. The quantitative estimate of drug-likeness (QED) is 0.572. The van der Waals surface area contributed by atoms with Crippen LogP contribution in [0.3, 0.4) is 0 Å². The molecule has 1 aliphatic heterocycles. The van der Waals surface area contributed by atoms with E-state index < -0.39 is 0 Å². The molecular weight excluding hydrogens is 368 g/mol. The van der Waals surface area contributed by atoms with Crippen molar-refractivity contribution >= 4 is 23.1 Å². The zero-order chi connectivity index (χ0) is 19.9. The third-order valence-corrected chi connectivity index (χ3v) is 6.17. The topological polar surface area (TPSA) is 65.4 Å². The Morgan fingerprint density at radius 2 is 2.04 bits per heavy atom. The molecule has 0 bridgehead atoms. The second kappa shape index (κ2) is 9.87. The summed E-state index contributed by atoms with van der Waals surface area (Å²) in [5.74, 6) is 2.74. The molecule has 28 heavy (non-hydrogen) atoms. The molecule has 3 rings (SSSR count). The first-order chi connectivity index (χ1) is 13.5. The van der Waals surface area contributed by atoms with Gasteiger partial charge in [0, 0.05) is 30.7 Å². The van der Waals surface area contributed by atoms with Gasteiger partial charge in [0.2, 0.25) is 0 Å². The van der Waals surface area contributed by atoms with Crippen LogP contribution in [0.25, 0.3) is 0 Å². The fourth-order valence-electron chi connectivity index (χ4n) is 3.35. The minimum absolute atomic E-state index is 0.611. The standard InChI is InChI=1S/C21H32N6S/c1-5-22-21(25-14-19-16(3)26-17(4)28-19)24-13-18-6-7-20(23-12-18)27-10-8-15(2)9-11-27/h6-7,12,15H,5,8-11,13-14H2,1-4H3,(H2,22,24,25). The van der Waals surface area contributed by atoms with Gasteiger partial charge in [-0.1, -0.05) is 13.0 Å². The van der Waals surface area contributed by atoms with Crippen molar-refractivity contribution in [1.82, 2.24) is 20.6 Å². The van der Waals surface area contributed by atoms with Gasteiger partial charge in [-0.2, -0.15) is 0 Å². The maximum atomic E-state index is 4.71. The van der Waals surface area contributed by atoms with Crippen LogP contribution in [0.2, 0.25) is 0 Å². The predicted octanol–water partition coefficient (Wildman–Crippen LogP) is 3.65. The average Bonchev–Trinajstić information content (AvgIpc) is 3.02. The van der Waals surface area contributed by atoms with E-state index in [2.05, 4.69) is 58.4 Å². The molecule has 0 spiro atoms. The monoisotopic (exact) mass is 400 g/mol. The van der Waals surface area contributed by atoms with Gasteiger partial charge in [0.1, 0.15) is 5.82 Å². The van der Waals surface area contributed by atoms with E-state index in [-0.39, 0.29) is 0 Å². The van der Waals surface area contributed by atoms with Gasteiger partial charge in [-0.3, -0.25) is 0 Å². The zero-order valence-corrected chi connectivity index (χ0v) is 18.3. The Hall–Kier alpha value is -2.15. The zero-order valence-electron chi connectivity index (χ0n) is 17.5. The molecule has 0 radical (unpaired) electrons. The summed E-state index contributed by atoms with van der Waals surface area (Å²) in [6.45, 7) is 12.9. The first-order valence-corrected chi connectivity index (χ1v) is 11.0. The van der Waals surface area contributed by atoms with Gasteiger partial charge < -0.3 is 15.5 Å². The van der Waals surface area contributed by atoms with E-state index in [9.17, 15) is 0 Å². The molecule has 0 atom stereocenters. The molecule has 0 unspecified atom stereocenters. The van der Waals surface area contributed by atoms with Crippen molar-refractivity contribution in [2.45, 2.75) is 53.6 Å². The predicted molar refractivity (Wildman–Crippen MR) is 118 cm³/mol. The Balaban J connectivity index is 1.57. The van der Waals surface area contributed by atoms with Gasteiger partial charge in [-0.05, 0) is 51.2 Å². The minimum atomic E-state index is 0.611. The molecule has 1 saturated heterocycles. The summed E-state index contributed by atoms with van der Waals surface area (Å²) in [6, 6.07) is 4.27. The largest absolute Gasteiger partial charge is 0.357 e. The van der Waals surface area contributed by atoms with Crippen LogP contribution in [0.1, 0.15) is 47.8 Å². The van der Waals surface area contributed by atoms with Gasteiger partial charge in [-0.15, -0.1) is 11.3 Å². The lowest BCUT2D eigenvalue weighted by Gasteiger charge is -2.31. The maximum absolute atomic E-state index is 4.71. The molecule has 0 aliphatic carbocycles. The number of rotatable bonds is 6. The van der Waals surface area contributed by atoms with Gasteiger partial charge >= 0.3 is 0 Å². The Morgan fingerprint density at radius 1 is 1.25 bits per heavy atom. The lowest BCUT2D eigenvalue weighted by Crippen LogP contribution is -2.36. The normalized spacial score (nSPS) is 15.7. The van der Waals surface area contributed by atoms with Crippen LogP contribution in [0.4, 0.5) is 5.82 Å². The average molecular weight is 401 g/mol. The van der Waals surface area contributed by atoms with E-state index in [1.807, 2.05) is 13.1 Å². The Labute approximate surface area is 172 Å². The molecule has 152 valence electrons. The third-order valence-electron chi connectivity index (χ3n) is 5.10. The number of nitrogens with zero attached hydrogens (tertiary/aromatic N) is 4. The number of pyridine rings is 1. The molecule has 2 N–H and O–H groups in total. The van der Waals surface area contributed by atoms with Crippen molar-refractivity contribution < 1.29 is 0 Å². The minimum Gasteiger partial charge on any atom is -0.357 e. The number of aliphatic imine (C=N–C) groups is 1. The lowest BCUT2D eigenvalue weighted by molar-refractivity contribution is 0.436. The number of hydrogen-bond acceptors (Lipinski definition) is 5. The highest BCUT2D eigenvalue weighted by molar-refractivity contribution is 7.11. The third kappa shape index (κ3) is 5.67. The number of aryl methyl sites for hydroxylation is 2. The van der Waals surface area contributed by atoms with Crippen molar-refractivity contribution in [2.75, 3.05) is 24.5 Å². The van der Waals surface area contributed by atoms with Crippen molar-refractivity contribution in [2.24, 2.45) is 10.9 Å². The number of anilines is 1. The van der Waals surface area contributed by atoms with E-state index in [0.717, 1.165) is 60.1 Å². The van der Waals surface area contributed by atoms with Gasteiger partial charge in [0.05, 0.1) is 23.8 Å². The van der Waals surface area contributed by atoms with E-state index in [1.54, 1.807) is 11.3 Å². The second-order valence-electron chi connectivity index (χ2n) is 7.48. The van der Waals surface area contributed by atoms with Crippen LogP contribution in [0, 0.1) is 19.8 Å². The summed E-state index contributed by atoms with van der Waals surface area (Å²) >= 11 is 1.73. The van der Waals surface area contributed by atoms with Crippen LogP contribution in [0.5, 0.6) is 0 Å². The number of piperidine rings is 1. The molecule has 1 aliphatic rings. The first kappa shape index (κ1) is 20.6. The summed E-state index contributed by atoms with van der Waals surface area (Å²) in [5, 5.41) is 7.82. The summed E-state index contributed by atoms with van der Waals surface area (Å²) in [6.07, 6.45) is 4.46. The van der Waals surface area contributed by atoms with Crippen LogP contribution >= 0.6 is 11.3 Å². The van der Waals surface area contributed by atoms with Crippen molar-refractivity contribution in [3.05, 3.63) is 39.5 Å². The molecule has 7 heteroatoms. The van der Waals surface area contributed by atoms with Crippen molar-refractivity contribution in [1.29, 1.82) is 0 Å². The first-order valence-electron chi connectivity index (χ1n) is 10.2. The Morgan fingerprint density at radius 3 is 2.64 bits per heavy atom. The molecule has 0 saturated carbocycles. The molecule has 6 nitrogen and oxygen atoms in total. The van der Waals surface area contributed by atoms with E-state index in [1.165, 1.54) is 17.7 Å². The highest BCUT2D eigenvalue weighted by Gasteiger charge is 2.16. The van der Waals surface area contributed by atoms with Crippen LogP contribution < -0.4 is 15.5 Å². The summed E-state index contributed by atoms with van der Waals surface area (Å²) in [7, 11) is 0. The number of aromatic nitrogens is 2. The van der Waals surface area contributed by atoms with Gasteiger partial charge in [0.25, 0.3) is 0 Å². The van der Waals surface area contributed by atoms with Crippen LogP contribution in [-0.4, -0.2) is 35.6 Å². The highest BCUT2D eigenvalue weighted by Crippen LogP contribution is 2.21. The number of guanidine groups is 1. The fraction of sp³-hybridized carbons (Fsp3) is 0.571. The molecule has 0 aromatic carbocycles. The maximum Gasteiger partial charge on any atom is 0.191 e. The smallest absolute Gasteiger partial charge is 0.191 e. The molecular formula is C21H32N6S. The summed E-state index contributed by atoms with van der Waals surface area (Å²) < 4.78 is 0. The SMILES string of the molecule is CCNC(=NCc1ccc(N2CCC(C)CC2)nc1)NCc1sc(C)nc1C. The van der Waals surface area contributed by atoms with Crippen molar-refractivity contribution in [3.63, 3.8) is 0 Å². The van der Waals surface area contributed by atoms with Crippen molar-refractivity contribution in [3.8, 4) is 0 Å². The Kier molecular flexibility index (Phi) is 7.25. The fourth-order valence-corrected chi connectivity index (χ4v) is 4.23. The molecule has 2 aromatic rings. The van der Waals surface area contributed by atoms with E-state index in [4.69, 9.17) is 4.99 Å². The molecule has 2 aromatic heterocycles. The molecule has 3 heterocycles. The van der Waals surface area contributed by atoms with Crippen LogP contribution in [0.15, 0.2) is 23.3 Å². The second-order valence-corrected chi connectivity index (χ2v) is 8.77. The molecule has 1 fully saturated rings. The Bertz CT molecular complexity index is 775. The summed E-state index contributed by atoms with van der Waals surface area (Å²) in [4.78, 5) is 17.5. The van der Waals surface area contributed by atoms with Gasteiger partial charge in [0.15, 0.2) is 5.96 Å². The number of nitrogens with one attached hydrogen (secondary N) is 2. The van der Waals surface area contributed by atoms with Crippen LogP contribution in [-0.2, 0) is 13.1 Å². The molecule has 0 amide bonds. The summed E-state index contributed by atoms with van der Waals surface area (Å²) in [5.41, 5.74) is 2.22. The van der Waals surface area contributed by atoms with E-state index >= 15 is 0 Å².